The first-order chi connectivity index (χ1) is 8.65. The molecule has 1 aliphatic heterocycles. The standard InChI is InChI=1S/C12H13NO3S2/c14-8-1-3-9(4-2-8)18-7-11(15)13-10-5-6-17-12(10)16/h1-4,10,14H,5-7H2,(H,13,15)/t10-/m0/s1. The Hall–Kier alpha value is -1.14. The van der Waals surface area contributed by atoms with Crippen LogP contribution < -0.4 is 5.32 Å². The van der Waals surface area contributed by atoms with Gasteiger partial charge in [-0.05, 0) is 30.7 Å². The minimum Gasteiger partial charge on any atom is -0.508 e. The van der Waals surface area contributed by atoms with Gasteiger partial charge in [0.1, 0.15) is 5.75 Å². The molecule has 0 radical (unpaired) electrons. The number of thioether (sulfide) groups is 2. The van der Waals surface area contributed by atoms with Gasteiger partial charge in [0.2, 0.25) is 11.0 Å². The number of aromatic hydroxyl groups is 1. The average molecular weight is 283 g/mol. The lowest BCUT2D eigenvalue weighted by Crippen LogP contribution is -2.38. The van der Waals surface area contributed by atoms with E-state index in [0.717, 1.165) is 17.1 Å². The summed E-state index contributed by atoms with van der Waals surface area (Å²) in [6, 6.07) is 6.35. The first-order valence-corrected chi connectivity index (χ1v) is 7.50. The van der Waals surface area contributed by atoms with E-state index in [9.17, 15) is 9.59 Å². The molecule has 4 nitrogen and oxygen atoms in total. The van der Waals surface area contributed by atoms with Gasteiger partial charge in [-0.2, -0.15) is 0 Å². The molecule has 1 amide bonds. The first-order valence-electron chi connectivity index (χ1n) is 5.53. The second-order valence-corrected chi connectivity index (χ2v) is 6.01. The summed E-state index contributed by atoms with van der Waals surface area (Å²) in [6.45, 7) is 0. The van der Waals surface area contributed by atoms with Crippen LogP contribution in [0.1, 0.15) is 6.42 Å². The smallest absolute Gasteiger partial charge is 0.230 e. The van der Waals surface area contributed by atoms with E-state index >= 15 is 0 Å². The van der Waals surface area contributed by atoms with Crippen LogP contribution in [0.2, 0.25) is 0 Å². The third-order valence-electron chi connectivity index (χ3n) is 2.48. The number of phenols is 1. The van der Waals surface area contributed by atoms with Crippen molar-refractivity contribution in [1.29, 1.82) is 0 Å². The highest BCUT2D eigenvalue weighted by Gasteiger charge is 2.26. The van der Waals surface area contributed by atoms with E-state index in [1.54, 1.807) is 24.3 Å². The van der Waals surface area contributed by atoms with E-state index in [1.807, 2.05) is 0 Å². The second-order valence-electron chi connectivity index (χ2n) is 3.86. The van der Waals surface area contributed by atoms with E-state index in [2.05, 4.69) is 5.32 Å². The van der Waals surface area contributed by atoms with Crippen LogP contribution in [-0.4, -0.2) is 33.7 Å². The fourth-order valence-corrected chi connectivity index (χ4v) is 3.20. The minimum absolute atomic E-state index is 0.0537. The molecule has 0 bridgehead atoms. The zero-order chi connectivity index (χ0) is 13.0. The van der Waals surface area contributed by atoms with Crippen molar-refractivity contribution in [2.75, 3.05) is 11.5 Å². The van der Waals surface area contributed by atoms with Crippen LogP contribution in [-0.2, 0) is 9.59 Å². The number of hydrogen-bond acceptors (Lipinski definition) is 5. The Morgan fingerprint density at radius 2 is 2.17 bits per heavy atom. The lowest BCUT2D eigenvalue weighted by Gasteiger charge is -2.09. The van der Waals surface area contributed by atoms with Crippen molar-refractivity contribution < 1.29 is 14.7 Å². The van der Waals surface area contributed by atoms with Crippen molar-refractivity contribution in [2.45, 2.75) is 17.4 Å². The van der Waals surface area contributed by atoms with Crippen molar-refractivity contribution in [2.24, 2.45) is 0 Å². The maximum absolute atomic E-state index is 11.6. The number of nitrogens with one attached hydrogen (secondary N) is 1. The molecule has 2 N–H and O–H groups in total. The highest BCUT2D eigenvalue weighted by Crippen LogP contribution is 2.22. The van der Waals surface area contributed by atoms with Gasteiger partial charge >= 0.3 is 0 Å². The van der Waals surface area contributed by atoms with E-state index in [-0.39, 0.29) is 28.6 Å². The Balaban J connectivity index is 1.78. The Kier molecular flexibility index (Phi) is 4.54. The normalized spacial score (nSPS) is 18.9. The fraction of sp³-hybridized carbons (Fsp3) is 0.333. The second kappa shape index (κ2) is 6.15. The largest absolute Gasteiger partial charge is 0.508 e. The van der Waals surface area contributed by atoms with Gasteiger partial charge < -0.3 is 10.4 Å². The Morgan fingerprint density at radius 1 is 1.44 bits per heavy atom. The molecule has 2 rings (SSSR count). The predicted octanol–water partition coefficient (Wildman–Crippen LogP) is 1.63. The van der Waals surface area contributed by atoms with Crippen LogP contribution in [0, 0.1) is 0 Å². The molecule has 1 aromatic carbocycles. The zero-order valence-corrected chi connectivity index (χ0v) is 11.2. The number of amides is 1. The van der Waals surface area contributed by atoms with Gasteiger partial charge in [0, 0.05) is 10.6 Å². The highest BCUT2D eigenvalue weighted by atomic mass is 32.2. The van der Waals surface area contributed by atoms with Gasteiger partial charge in [0.15, 0.2) is 0 Å². The van der Waals surface area contributed by atoms with E-state index in [0.29, 0.717) is 0 Å². The maximum atomic E-state index is 11.6. The summed E-state index contributed by atoms with van der Waals surface area (Å²) in [7, 11) is 0. The quantitative estimate of drug-likeness (QED) is 0.822. The van der Waals surface area contributed by atoms with E-state index < -0.39 is 0 Å². The first kappa shape index (κ1) is 13.3. The molecule has 0 unspecified atom stereocenters. The van der Waals surface area contributed by atoms with Crippen LogP contribution in [0.5, 0.6) is 5.75 Å². The van der Waals surface area contributed by atoms with Crippen molar-refractivity contribution in [3.05, 3.63) is 24.3 Å². The number of rotatable bonds is 4. The maximum Gasteiger partial charge on any atom is 0.230 e. The van der Waals surface area contributed by atoms with Crippen molar-refractivity contribution >= 4 is 34.5 Å². The molecule has 1 fully saturated rings. The SMILES string of the molecule is O=C(CSc1ccc(O)cc1)N[C@H]1CCSC1=O. The molecule has 96 valence electrons. The Labute approximate surface area is 114 Å². The molecule has 0 spiro atoms. The minimum atomic E-state index is -0.317. The number of hydrogen-bond donors (Lipinski definition) is 2. The summed E-state index contributed by atoms with van der Waals surface area (Å²) in [5, 5.41) is 11.9. The Bertz CT molecular complexity index is 447. The number of phenolic OH excluding ortho intramolecular Hbond substituents is 1. The average Bonchev–Trinajstić information content (AvgIpc) is 2.74. The Morgan fingerprint density at radius 3 is 2.78 bits per heavy atom. The number of benzene rings is 1. The van der Waals surface area contributed by atoms with Crippen molar-refractivity contribution in [1.82, 2.24) is 5.32 Å². The van der Waals surface area contributed by atoms with E-state index in [4.69, 9.17) is 5.11 Å². The predicted molar refractivity (Wildman–Crippen MR) is 72.8 cm³/mol. The molecular formula is C12H13NO3S2. The van der Waals surface area contributed by atoms with Crippen LogP contribution in [0.3, 0.4) is 0 Å². The molecular weight excluding hydrogens is 270 g/mol. The molecule has 0 saturated carbocycles. The van der Waals surface area contributed by atoms with Gasteiger partial charge in [-0.15, -0.1) is 11.8 Å². The number of carbonyl (C=O) groups excluding carboxylic acids is 2. The van der Waals surface area contributed by atoms with Gasteiger partial charge in [-0.25, -0.2) is 0 Å². The molecule has 1 saturated heterocycles. The molecule has 1 aliphatic rings. The lowest BCUT2D eigenvalue weighted by molar-refractivity contribution is -0.122. The summed E-state index contributed by atoms with van der Waals surface area (Å²) in [5.41, 5.74) is 0. The zero-order valence-electron chi connectivity index (χ0n) is 9.59. The van der Waals surface area contributed by atoms with Gasteiger partial charge in [-0.3, -0.25) is 9.59 Å². The summed E-state index contributed by atoms with van der Waals surface area (Å²) in [6.07, 6.45) is 0.721. The topological polar surface area (TPSA) is 66.4 Å². The highest BCUT2D eigenvalue weighted by molar-refractivity contribution is 8.14. The van der Waals surface area contributed by atoms with Crippen LogP contribution in [0.25, 0.3) is 0 Å². The summed E-state index contributed by atoms with van der Waals surface area (Å²) in [4.78, 5) is 23.9. The molecule has 0 aliphatic carbocycles. The third kappa shape index (κ3) is 3.68. The molecule has 6 heteroatoms. The summed E-state index contributed by atoms with van der Waals surface area (Å²) >= 11 is 2.66. The monoisotopic (exact) mass is 283 g/mol. The van der Waals surface area contributed by atoms with Gasteiger partial charge in [0.25, 0.3) is 0 Å². The molecule has 0 aromatic heterocycles. The van der Waals surface area contributed by atoms with Gasteiger partial charge in [-0.1, -0.05) is 11.8 Å². The third-order valence-corrected chi connectivity index (χ3v) is 4.50. The van der Waals surface area contributed by atoms with Crippen molar-refractivity contribution in [3.63, 3.8) is 0 Å². The van der Waals surface area contributed by atoms with E-state index in [1.165, 1.54) is 23.5 Å². The lowest BCUT2D eigenvalue weighted by atomic mass is 10.2. The molecule has 1 atom stereocenters. The molecule has 18 heavy (non-hydrogen) atoms. The fourth-order valence-electron chi connectivity index (χ4n) is 1.55. The molecule has 1 heterocycles. The summed E-state index contributed by atoms with van der Waals surface area (Å²) < 4.78 is 0. The van der Waals surface area contributed by atoms with Gasteiger partial charge in [0.05, 0.1) is 11.8 Å². The summed E-state index contributed by atoms with van der Waals surface area (Å²) in [5.74, 6) is 1.14. The van der Waals surface area contributed by atoms with Crippen LogP contribution in [0.4, 0.5) is 0 Å². The van der Waals surface area contributed by atoms with Crippen LogP contribution in [0.15, 0.2) is 29.2 Å². The van der Waals surface area contributed by atoms with Crippen LogP contribution >= 0.6 is 23.5 Å². The number of carbonyl (C=O) groups is 2. The molecule has 1 aromatic rings. The van der Waals surface area contributed by atoms with Crippen molar-refractivity contribution in [3.8, 4) is 5.75 Å².